The van der Waals surface area contributed by atoms with Gasteiger partial charge in [-0.2, -0.15) is 0 Å². The van der Waals surface area contributed by atoms with Gasteiger partial charge < -0.3 is 10.6 Å². The summed E-state index contributed by atoms with van der Waals surface area (Å²) in [5.41, 5.74) is 2.23. The molecule has 0 saturated carbocycles. The Morgan fingerprint density at radius 1 is 0.931 bits per heavy atom. The summed E-state index contributed by atoms with van der Waals surface area (Å²) < 4.78 is 0. The van der Waals surface area contributed by atoms with Gasteiger partial charge in [0.1, 0.15) is 6.04 Å². The number of nitro groups is 1. The van der Waals surface area contributed by atoms with Crippen molar-refractivity contribution in [3.63, 3.8) is 0 Å². The number of nitro benzene ring substituents is 1. The number of non-ortho nitro benzene ring substituents is 1. The van der Waals surface area contributed by atoms with E-state index in [2.05, 4.69) is 10.6 Å². The van der Waals surface area contributed by atoms with Gasteiger partial charge in [0.2, 0.25) is 0 Å². The summed E-state index contributed by atoms with van der Waals surface area (Å²) in [5.74, 6) is -0.663. The maximum Gasteiger partial charge on any atom is 0.269 e. The molecule has 1 aliphatic rings. The number of nitrogens with zero attached hydrogens (tertiary/aromatic N) is 1. The van der Waals surface area contributed by atoms with Crippen LogP contribution in [-0.2, 0) is 0 Å². The van der Waals surface area contributed by atoms with Crippen LogP contribution in [0.15, 0.2) is 78.9 Å². The third kappa shape index (κ3) is 3.58. The average Bonchev–Trinajstić information content (AvgIpc) is 2.76. The lowest BCUT2D eigenvalue weighted by molar-refractivity contribution is -0.384. The molecule has 2 atom stereocenters. The van der Waals surface area contributed by atoms with Gasteiger partial charge in [-0.25, -0.2) is 0 Å². The fourth-order valence-corrected chi connectivity index (χ4v) is 3.44. The molecule has 29 heavy (non-hydrogen) atoms. The zero-order valence-electron chi connectivity index (χ0n) is 15.2. The van der Waals surface area contributed by atoms with Gasteiger partial charge in [-0.1, -0.05) is 42.5 Å². The molecule has 3 aromatic carbocycles. The van der Waals surface area contributed by atoms with Gasteiger partial charge in [0.15, 0.2) is 5.78 Å². The average molecular weight is 387 g/mol. The minimum atomic E-state index is -0.824. The fraction of sp³-hybridized carbons (Fsp3) is 0.0909. The second-order valence-electron chi connectivity index (χ2n) is 6.70. The lowest BCUT2D eigenvalue weighted by atomic mass is 9.87. The van der Waals surface area contributed by atoms with Gasteiger partial charge in [0, 0.05) is 28.9 Å². The van der Waals surface area contributed by atoms with Crippen molar-refractivity contribution < 1.29 is 14.5 Å². The van der Waals surface area contributed by atoms with E-state index in [4.69, 9.17) is 0 Å². The fourth-order valence-electron chi connectivity index (χ4n) is 3.44. The highest BCUT2D eigenvalue weighted by molar-refractivity contribution is 6.09. The molecule has 0 aliphatic carbocycles. The number of anilines is 1. The molecule has 0 radical (unpaired) electrons. The quantitative estimate of drug-likeness (QED) is 0.524. The van der Waals surface area contributed by atoms with Gasteiger partial charge >= 0.3 is 0 Å². The Hall–Kier alpha value is -4.00. The Kier molecular flexibility index (Phi) is 4.78. The molecule has 1 amide bonds. The number of para-hydroxylation sites is 1. The van der Waals surface area contributed by atoms with Crippen molar-refractivity contribution in [1.82, 2.24) is 5.32 Å². The van der Waals surface area contributed by atoms with Gasteiger partial charge in [-0.15, -0.1) is 0 Å². The van der Waals surface area contributed by atoms with E-state index in [-0.39, 0.29) is 17.0 Å². The van der Waals surface area contributed by atoms with Crippen LogP contribution in [0.1, 0.15) is 32.3 Å². The van der Waals surface area contributed by atoms with Gasteiger partial charge in [0.05, 0.1) is 11.0 Å². The van der Waals surface area contributed by atoms with Crippen molar-refractivity contribution in [1.29, 1.82) is 0 Å². The first kappa shape index (κ1) is 18.4. The van der Waals surface area contributed by atoms with Crippen LogP contribution in [0.4, 0.5) is 11.4 Å². The number of ketones is 1. The number of carbonyl (C=O) groups is 2. The summed E-state index contributed by atoms with van der Waals surface area (Å²) in [7, 11) is 0. The van der Waals surface area contributed by atoms with Crippen LogP contribution < -0.4 is 10.6 Å². The minimum Gasteiger partial charge on any atom is -0.375 e. The molecule has 2 N–H and O–H groups in total. The summed E-state index contributed by atoms with van der Waals surface area (Å²) in [6.45, 7) is 0. The molecule has 7 nitrogen and oxygen atoms in total. The molecule has 1 heterocycles. The number of benzene rings is 3. The van der Waals surface area contributed by atoms with Crippen LogP contribution in [0, 0.1) is 10.1 Å². The molecule has 2 unspecified atom stereocenters. The summed E-state index contributed by atoms with van der Waals surface area (Å²) >= 11 is 0. The van der Waals surface area contributed by atoms with E-state index in [9.17, 15) is 19.7 Å². The Morgan fingerprint density at radius 2 is 1.59 bits per heavy atom. The van der Waals surface area contributed by atoms with E-state index < -0.39 is 22.9 Å². The predicted molar refractivity (Wildman–Crippen MR) is 108 cm³/mol. The highest BCUT2D eigenvalue weighted by Crippen LogP contribution is 2.33. The summed E-state index contributed by atoms with van der Waals surface area (Å²) in [6.07, 6.45) is 0. The molecule has 0 bridgehead atoms. The first-order valence-corrected chi connectivity index (χ1v) is 9.04. The molecule has 1 aliphatic heterocycles. The number of hydrogen-bond acceptors (Lipinski definition) is 5. The van der Waals surface area contributed by atoms with Crippen molar-refractivity contribution in [3.8, 4) is 0 Å². The zero-order valence-corrected chi connectivity index (χ0v) is 15.2. The normalized spacial score (nSPS) is 17.7. The lowest BCUT2D eigenvalue weighted by Crippen LogP contribution is -2.49. The van der Waals surface area contributed by atoms with E-state index in [1.165, 1.54) is 24.3 Å². The van der Waals surface area contributed by atoms with Crippen molar-refractivity contribution >= 4 is 23.1 Å². The van der Waals surface area contributed by atoms with Crippen molar-refractivity contribution in [2.45, 2.75) is 12.1 Å². The van der Waals surface area contributed by atoms with Crippen LogP contribution >= 0.6 is 0 Å². The van der Waals surface area contributed by atoms with Crippen LogP contribution in [0.25, 0.3) is 0 Å². The zero-order chi connectivity index (χ0) is 20.4. The highest BCUT2D eigenvalue weighted by atomic mass is 16.6. The maximum atomic E-state index is 13.2. The molecule has 4 rings (SSSR count). The predicted octanol–water partition coefficient (Wildman–Crippen LogP) is 3.74. The first-order valence-electron chi connectivity index (χ1n) is 9.04. The van der Waals surface area contributed by atoms with Gasteiger partial charge in [0.25, 0.3) is 11.6 Å². The van der Waals surface area contributed by atoms with Crippen LogP contribution in [-0.4, -0.2) is 22.7 Å². The number of hydrogen-bond donors (Lipinski definition) is 2. The Bertz CT molecular complexity index is 1080. The van der Waals surface area contributed by atoms with Gasteiger partial charge in [-0.3, -0.25) is 19.7 Å². The number of nitrogens with one attached hydrogen (secondary N) is 2. The number of Topliss-reactive ketones (excluding diaryl/α,β-unsaturated/α-hetero) is 1. The second kappa shape index (κ2) is 7.55. The molecule has 3 aromatic rings. The van der Waals surface area contributed by atoms with Crippen LogP contribution in [0.5, 0.6) is 0 Å². The van der Waals surface area contributed by atoms with Crippen molar-refractivity contribution in [2.24, 2.45) is 0 Å². The van der Waals surface area contributed by atoms with E-state index in [0.717, 1.165) is 5.56 Å². The molecular formula is C22H17N3O4. The third-order valence-corrected chi connectivity index (χ3v) is 4.90. The summed E-state index contributed by atoms with van der Waals surface area (Å²) in [4.78, 5) is 36.2. The first-order chi connectivity index (χ1) is 14.0. The number of fused-ring (bicyclic) bond motifs is 1. The van der Waals surface area contributed by atoms with Crippen LogP contribution in [0.3, 0.4) is 0 Å². The molecule has 0 fully saturated rings. The molecular weight excluding hydrogens is 370 g/mol. The van der Waals surface area contributed by atoms with Crippen molar-refractivity contribution in [2.75, 3.05) is 5.32 Å². The maximum absolute atomic E-state index is 13.2. The molecule has 144 valence electrons. The van der Waals surface area contributed by atoms with E-state index in [0.29, 0.717) is 11.3 Å². The third-order valence-electron chi connectivity index (χ3n) is 4.90. The SMILES string of the molecule is O=C(NC1C(=O)c2ccccc2NC1c1ccccc1)c1ccc([N+](=O)[O-])cc1. The number of amides is 1. The van der Waals surface area contributed by atoms with E-state index in [1.54, 1.807) is 12.1 Å². The largest absolute Gasteiger partial charge is 0.375 e. The second-order valence-corrected chi connectivity index (χ2v) is 6.70. The van der Waals surface area contributed by atoms with Gasteiger partial charge in [-0.05, 0) is 29.8 Å². The molecule has 0 aromatic heterocycles. The number of carbonyl (C=O) groups excluding carboxylic acids is 2. The molecule has 0 saturated heterocycles. The molecule has 7 heteroatoms. The topological polar surface area (TPSA) is 101 Å². The summed E-state index contributed by atoms with van der Waals surface area (Å²) in [5, 5.41) is 17.0. The number of rotatable bonds is 4. The molecule has 0 spiro atoms. The van der Waals surface area contributed by atoms with Crippen molar-refractivity contribution in [3.05, 3.63) is 106 Å². The Morgan fingerprint density at radius 3 is 2.28 bits per heavy atom. The standard InChI is InChI=1S/C22H17N3O4/c26-21-17-8-4-5-9-18(17)23-19(14-6-2-1-3-7-14)20(21)24-22(27)15-10-12-16(13-11-15)25(28)29/h1-13,19-20,23H,(H,24,27). The van der Waals surface area contributed by atoms with E-state index in [1.807, 2.05) is 42.5 Å². The smallest absolute Gasteiger partial charge is 0.269 e. The minimum absolute atomic E-state index is 0.104. The highest BCUT2D eigenvalue weighted by Gasteiger charge is 2.37. The lowest BCUT2D eigenvalue weighted by Gasteiger charge is -2.34. The monoisotopic (exact) mass is 387 g/mol. The summed E-state index contributed by atoms with van der Waals surface area (Å²) in [6, 6.07) is 20.6. The Labute approximate surface area is 166 Å². The Balaban J connectivity index is 1.66. The van der Waals surface area contributed by atoms with E-state index >= 15 is 0 Å². The van der Waals surface area contributed by atoms with Crippen LogP contribution in [0.2, 0.25) is 0 Å².